The third-order valence-corrected chi connectivity index (χ3v) is 4.41. The second kappa shape index (κ2) is 6.49. The highest BCUT2D eigenvalue weighted by atomic mass is 16.5. The van der Waals surface area contributed by atoms with Gasteiger partial charge in [0.15, 0.2) is 5.76 Å². The number of fused-ring (bicyclic) bond motifs is 1. The Morgan fingerprint density at radius 2 is 1.88 bits per heavy atom. The molecule has 0 N–H and O–H groups in total. The minimum Gasteiger partial charge on any atom is -0.451 e. The number of hydrogen-bond acceptors (Lipinski definition) is 3. The fraction of sp³-hybridized carbons (Fsp3) is 0.250. The van der Waals surface area contributed by atoms with Crippen LogP contribution in [0.4, 0.5) is 5.69 Å². The predicted molar refractivity (Wildman–Crippen MR) is 93.3 cm³/mol. The first kappa shape index (κ1) is 15.0. The van der Waals surface area contributed by atoms with Crippen LogP contribution in [0.3, 0.4) is 0 Å². The van der Waals surface area contributed by atoms with Crippen molar-refractivity contribution in [1.82, 2.24) is 0 Å². The molecule has 1 amide bonds. The molecule has 4 heteroatoms. The van der Waals surface area contributed by atoms with Gasteiger partial charge in [0.25, 0.3) is 5.91 Å². The van der Waals surface area contributed by atoms with E-state index in [2.05, 4.69) is 0 Å². The molecule has 0 aliphatic carbocycles. The normalized spacial score (nSPS) is 17.2. The van der Waals surface area contributed by atoms with Gasteiger partial charge in [-0.3, -0.25) is 4.79 Å². The number of nitrogens with zero attached hydrogens (tertiary/aromatic N) is 1. The van der Waals surface area contributed by atoms with Gasteiger partial charge in [-0.25, -0.2) is 0 Å². The van der Waals surface area contributed by atoms with Crippen LogP contribution in [-0.2, 0) is 4.74 Å². The molecule has 122 valence electrons. The van der Waals surface area contributed by atoms with Crippen LogP contribution in [0.15, 0.2) is 65.1 Å². The number of amides is 1. The Hall–Kier alpha value is -2.59. The number of hydrogen-bond donors (Lipinski definition) is 0. The van der Waals surface area contributed by atoms with E-state index in [1.807, 2.05) is 60.7 Å². The molecule has 0 unspecified atom stereocenters. The van der Waals surface area contributed by atoms with Gasteiger partial charge in [0.2, 0.25) is 0 Å². The maximum atomic E-state index is 13.1. The number of rotatable bonds is 4. The van der Waals surface area contributed by atoms with Crippen molar-refractivity contribution in [2.75, 3.05) is 24.7 Å². The van der Waals surface area contributed by atoms with Crippen molar-refractivity contribution >= 4 is 22.6 Å². The molecule has 24 heavy (non-hydrogen) atoms. The lowest BCUT2D eigenvalue weighted by atomic mass is 10.1. The molecule has 1 atom stereocenters. The Kier molecular flexibility index (Phi) is 4.05. The van der Waals surface area contributed by atoms with Crippen molar-refractivity contribution < 1.29 is 13.9 Å². The van der Waals surface area contributed by atoms with Gasteiger partial charge >= 0.3 is 0 Å². The van der Waals surface area contributed by atoms with Crippen LogP contribution < -0.4 is 4.90 Å². The Labute approximate surface area is 140 Å². The predicted octanol–water partition coefficient (Wildman–Crippen LogP) is 4.12. The lowest BCUT2D eigenvalue weighted by Crippen LogP contribution is -2.35. The fourth-order valence-corrected chi connectivity index (χ4v) is 3.12. The first-order valence-corrected chi connectivity index (χ1v) is 8.24. The Bertz CT molecular complexity index is 801. The number of para-hydroxylation sites is 2. The first-order valence-electron chi connectivity index (χ1n) is 8.24. The molecule has 0 radical (unpaired) electrons. The van der Waals surface area contributed by atoms with Crippen LogP contribution in [0.25, 0.3) is 11.0 Å². The van der Waals surface area contributed by atoms with Crippen molar-refractivity contribution in [1.29, 1.82) is 0 Å². The van der Waals surface area contributed by atoms with Crippen LogP contribution in [0.2, 0.25) is 0 Å². The van der Waals surface area contributed by atoms with Gasteiger partial charge in [0.05, 0.1) is 6.61 Å². The van der Waals surface area contributed by atoms with Gasteiger partial charge in [0, 0.05) is 30.1 Å². The van der Waals surface area contributed by atoms with E-state index in [9.17, 15) is 4.79 Å². The number of benzene rings is 2. The average Bonchev–Trinajstić information content (AvgIpc) is 3.29. The molecule has 4 nitrogen and oxygen atoms in total. The summed E-state index contributed by atoms with van der Waals surface area (Å²) < 4.78 is 11.2. The summed E-state index contributed by atoms with van der Waals surface area (Å²) in [5, 5.41) is 0.943. The molecular formula is C20H19NO3. The second-order valence-corrected chi connectivity index (χ2v) is 6.13. The SMILES string of the molecule is O=C(c1cc2ccccc2o1)N(C[C@@H]1CCOC1)c1ccccc1. The smallest absolute Gasteiger partial charge is 0.294 e. The molecule has 0 spiro atoms. The molecule has 2 heterocycles. The van der Waals surface area contributed by atoms with E-state index in [-0.39, 0.29) is 5.91 Å². The van der Waals surface area contributed by atoms with Gasteiger partial charge in [-0.15, -0.1) is 0 Å². The van der Waals surface area contributed by atoms with E-state index in [1.165, 1.54) is 0 Å². The molecule has 1 aliphatic rings. The summed E-state index contributed by atoms with van der Waals surface area (Å²) in [6.07, 6.45) is 0.983. The Morgan fingerprint density at radius 1 is 1.08 bits per heavy atom. The third-order valence-electron chi connectivity index (χ3n) is 4.41. The molecule has 1 aliphatic heterocycles. The summed E-state index contributed by atoms with van der Waals surface area (Å²) in [5.74, 6) is 0.627. The highest BCUT2D eigenvalue weighted by Gasteiger charge is 2.26. The highest BCUT2D eigenvalue weighted by molar-refractivity contribution is 6.06. The van der Waals surface area contributed by atoms with Crippen LogP contribution in [0.1, 0.15) is 17.0 Å². The van der Waals surface area contributed by atoms with E-state index >= 15 is 0 Å². The van der Waals surface area contributed by atoms with Crippen molar-refractivity contribution in [3.8, 4) is 0 Å². The van der Waals surface area contributed by atoms with Crippen LogP contribution in [0.5, 0.6) is 0 Å². The molecule has 0 saturated carbocycles. The lowest BCUT2D eigenvalue weighted by molar-refractivity contribution is 0.0956. The lowest BCUT2D eigenvalue weighted by Gasteiger charge is -2.24. The monoisotopic (exact) mass is 321 g/mol. The zero-order valence-electron chi connectivity index (χ0n) is 13.4. The van der Waals surface area contributed by atoms with E-state index in [0.29, 0.717) is 24.8 Å². The first-order chi connectivity index (χ1) is 11.8. The maximum absolute atomic E-state index is 13.1. The summed E-state index contributed by atoms with van der Waals surface area (Å²) in [7, 11) is 0. The minimum absolute atomic E-state index is 0.107. The summed E-state index contributed by atoms with van der Waals surface area (Å²) in [4.78, 5) is 14.9. The molecule has 1 aromatic heterocycles. The topological polar surface area (TPSA) is 42.7 Å². The minimum atomic E-state index is -0.107. The van der Waals surface area contributed by atoms with E-state index in [1.54, 1.807) is 4.90 Å². The van der Waals surface area contributed by atoms with Crippen molar-refractivity contribution in [2.45, 2.75) is 6.42 Å². The summed E-state index contributed by atoms with van der Waals surface area (Å²) >= 11 is 0. The number of ether oxygens (including phenoxy) is 1. The van der Waals surface area contributed by atoms with Crippen LogP contribution in [0, 0.1) is 5.92 Å². The van der Waals surface area contributed by atoms with Gasteiger partial charge in [-0.1, -0.05) is 36.4 Å². The summed E-state index contributed by atoms with van der Waals surface area (Å²) in [6, 6.07) is 19.2. The molecule has 1 fully saturated rings. The molecule has 4 rings (SSSR count). The third kappa shape index (κ3) is 2.93. The van der Waals surface area contributed by atoms with Crippen LogP contribution >= 0.6 is 0 Å². The molecule has 0 bridgehead atoms. The molecule has 2 aromatic carbocycles. The number of carbonyl (C=O) groups is 1. The van der Waals surface area contributed by atoms with Crippen LogP contribution in [-0.4, -0.2) is 25.7 Å². The zero-order valence-corrected chi connectivity index (χ0v) is 13.4. The highest BCUT2D eigenvalue weighted by Crippen LogP contribution is 2.25. The summed E-state index contributed by atoms with van der Waals surface area (Å²) in [6.45, 7) is 2.11. The quantitative estimate of drug-likeness (QED) is 0.726. The zero-order chi connectivity index (χ0) is 16.4. The van der Waals surface area contributed by atoms with Gasteiger partial charge in [0.1, 0.15) is 5.58 Å². The Morgan fingerprint density at radius 3 is 2.62 bits per heavy atom. The second-order valence-electron chi connectivity index (χ2n) is 6.13. The van der Waals surface area contributed by atoms with Crippen molar-refractivity contribution in [3.05, 3.63) is 66.4 Å². The number of furan rings is 1. The maximum Gasteiger partial charge on any atom is 0.294 e. The van der Waals surface area contributed by atoms with E-state index in [4.69, 9.17) is 9.15 Å². The largest absolute Gasteiger partial charge is 0.451 e. The van der Waals surface area contributed by atoms with E-state index < -0.39 is 0 Å². The van der Waals surface area contributed by atoms with Gasteiger partial charge < -0.3 is 14.1 Å². The Balaban J connectivity index is 1.67. The van der Waals surface area contributed by atoms with Crippen molar-refractivity contribution in [2.24, 2.45) is 5.92 Å². The molecule has 3 aromatic rings. The summed E-state index contributed by atoms with van der Waals surface area (Å²) in [5.41, 5.74) is 1.62. The fourth-order valence-electron chi connectivity index (χ4n) is 3.12. The number of anilines is 1. The van der Waals surface area contributed by atoms with E-state index in [0.717, 1.165) is 29.7 Å². The molecular weight excluding hydrogens is 302 g/mol. The van der Waals surface area contributed by atoms with Gasteiger partial charge in [-0.05, 0) is 30.7 Å². The van der Waals surface area contributed by atoms with Gasteiger partial charge in [-0.2, -0.15) is 0 Å². The number of carbonyl (C=O) groups excluding carboxylic acids is 1. The average molecular weight is 321 g/mol. The standard InChI is InChI=1S/C20H19NO3/c22-20(19-12-16-6-4-5-9-18(16)24-19)21(13-15-10-11-23-14-15)17-7-2-1-3-8-17/h1-9,12,15H,10-11,13-14H2/t15-/m0/s1. The van der Waals surface area contributed by atoms with Crippen molar-refractivity contribution in [3.63, 3.8) is 0 Å². The molecule has 1 saturated heterocycles.